The van der Waals surface area contributed by atoms with Crippen LogP contribution >= 0.6 is 0 Å². The highest BCUT2D eigenvalue weighted by Crippen LogP contribution is 2.32. The monoisotopic (exact) mass is 525 g/mol. The Morgan fingerprint density at radius 2 is 2.13 bits per heavy atom. The van der Waals surface area contributed by atoms with Crippen LogP contribution in [0.25, 0.3) is 0 Å². The molecule has 38 heavy (non-hydrogen) atoms. The van der Waals surface area contributed by atoms with Crippen molar-refractivity contribution in [3.8, 4) is 0 Å². The first-order valence-corrected chi connectivity index (χ1v) is 14.3. The molecule has 1 aromatic carbocycles. The fourth-order valence-electron chi connectivity index (χ4n) is 5.97. The Balaban J connectivity index is 1.10. The van der Waals surface area contributed by atoms with Gasteiger partial charge in [-0.25, -0.2) is 9.37 Å². The van der Waals surface area contributed by atoms with Gasteiger partial charge in [0.1, 0.15) is 17.7 Å². The number of carboxylic acid groups (broad SMARTS) is 1. The maximum atomic E-state index is 14.2. The number of carbonyl (C=O) groups is 1. The number of rotatable bonds is 11. The van der Waals surface area contributed by atoms with E-state index in [1.807, 2.05) is 4.90 Å². The minimum absolute atomic E-state index is 0.0246. The van der Waals surface area contributed by atoms with Crippen molar-refractivity contribution in [1.82, 2.24) is 9.88 Å². The molecule has 0 radical (unpaired) electrons. The highest BCUT2D eigenvalue weighted by molar-refractivity contribution is 5.74. The number of hydrogen-bond donors (Lipinski definition) is 2. The molecule has 5 rings (SSSR count). The molecule has 8 heteroatoms. The number of aryl methyl sites for hydroxylation is 2. The van der Waals surface area contributed by atoms with Crippen LogP contribution in [0.1, 0.15) is 73.4 Å². The van der Waals surface area contributed by atoms with Crippen molar-refractivity contribution >= 4 is 11.8 Å². The number of carboxylic acids is 1. The van der Waals surface area contributed by atoms with Gasteiger partial charge < -0.3 is 19.9 Å². The molecule has 3 atom stereocenters. The number of likely N-dealkylation sites (tertiary alicyclic amines) is 1. The van der Waals surface area contributed by atoms with Crippen LogP contribution < -0.4 is 5.32 Å². The Morgan fingerprint density at radius 1 is 1.21 bits per heavy atom. The van der Waals surface area contributed by atoms with Crippen molar-refractivity contribution in [3.63, 3.8) is 0 Å². The summed E-state index contributed by atoms with van der Waals surface area (Å²) in [5.74, 6) is -0.175. The van der Waals surface area contributed by atoms with E-state index in [4.69, 9.17) is 14.5 Å². The zero-order valence-electron chi connectivity index (χ0n) is 22.2. The van der Waals surface area contributed by atoms with Gasteiger partial charge in [0.15, 0.2) is 0 Å². The Kier molecular flexibility index (Phi) is 9.25. The van der Waals surface area contributed by atoms with E-state index in [9.17, 15) is 14.3 Å². The summed E-state index contributed by atoms with van der Waals surface area (Å²) in [6.07, 6.45) is 9.13. The second-order valence-electron chi connectivity index (χ2n) is 10.8. The summed E-state index contributed by atoms with van der Waals surface area (Å²) in [6, 6.07) is 8.33. The quantitative estimate of drug-likeness (QED) is 0.403. The van der Waals surface area contributed by atoms with Gasteiger partial charge in [-0.15, -0.1) is 0 Å². The Bertz CT molecular complexity index is 1090. The van der Waals surface area contributed by atoms with E-state index in [2.05, 4.69) is 17.4 Å². The summed E-state index contributed by atoms with van der Waals surface area (Å²) in [5, 5.41) is 13.5. The molecule has 0 unspecified atom stereocenters. The van der Waals surface area contributed by atoms with Crippen molar-refractivity contribution in [3.05, 3.63) is 58.5 Å². The number of fused-ring (bicyclic) bond motifs is 1. The number of anilines is 1. The van der Waals surface area contributed by atoms with E-state index >= 15 is 0 Å². The summed E-state index contributed by atoms with van der Waals surface area (Å²) >= 11 is 0. The zero-order valence-corrected chi connectivity index (χ0v) is 22.2. The van der Waals surface area contributed by atoms with Gasteiger partial charge in [-0.05, 0) is 99.1 Å². The summed E-state index contributed by atoms with van der Waals surface area (Å²) < 4.78 is 26.2. The van der Waals surface area contributed by atoms with E-state index in [1.54, 1.807) is 6.07 Å². The van der Waals surface area contributed by atoms with Gasteiger partial charge in [-0.3, -0.25) is 9.69 Å². The van der Waals surface area contributed by atoms with E-state index in [0.717, 1.165) is 80.6 Å². The molecule has 3 aliphatic heterocycles. The molecule has 1 aromatic heterocycles. The summed E-state index contributed by atoms with van der Waals surface area (Å²) in [5.41, 5.74) is 4.09. The van der Waals surface area contributed by atoms with Gasteiger partial charge in [-0.2, -0.15) is 0 Å². The topological polar surface area (TPSA) is 83.9 Å². The molecule has 206 valence electrons. The Hall–Kier alpha value is -2.55. The molecule has 2 aromatic rings. The summed E-state index contributed by atoms with van der Waals surface area (Å²) in [7, 11) is 0. The maximum absolute atomic E-state index is 14.2. The summed E-state index contributed by atoms with van der Waals surface area (Å²) in [4.78, 5) is 19.0. The Morgan fingerprint density at radius 3 is 2.97 bits per heavy atom. The number of halogens is 1. The first-order chi connectivity index (χ1) is 18.6. The molecule has 0 spiro atoms. The van der Waals surface area contributed by atoms with E-state index in [1.165, 1.54) is 24.1 Å². The molecule has 3 aliphatic rings. The molecule has 2 fully saturated rings. The van der Waals surface area contributed by atoms with Crippen LogP contribution in [-0.4, -0.2) is 66.0 Å². The number of benzene rings is 1. The smallest absolute Gasteiger partial charge is 0.321 e. The number of pyridine rings is 1. The molecule has 2 N–H and O–H groups in total. The van der Waals surface area contributed by atoms with Crippen LogP contribution in [-0.2, 0) is 33.5 Å². The van der Waals surface area contributed by atoms with Gasteiger partial charge in [0, 0.05) is 38.5 Å². The lowest BCUT2D eigenvalue weighted by Gasteiger charge is -2.28. The largest absolute Gasteiger partial charge is 0.480 e. The molecule has 0 saturated carbocycles. The normalized spacial score (nSPS) is 22.6. The van der Waals surface area contributed by atoms with Crippen LogP contribution in [0.5, 0.6) is 0 Å². The van der Waals surface area contributed by atoms with E-state index in [0.29, 0.717) is 26.3 Å². The van der Waals surface area contributed by atoms with Crippen LogP contribution in [0, 0.1) is 5.82 Å². The molecular weight excluding hydrogens is 485 g/mol. The molecule has 4 heterocycles. The molecule has 0 aliphatic carbocycles. The first kappa shape index (κ1) is 27.0. The van der Waals surface area contributed by atoms with Gasteiger partial charge in [0.2, 0.25) is 0 Å². The van der Waals surface area contributed by atoms with E-state index in [-0.39, 0.29) is 24.4 Å². The lowest BCUT2D eigenvalue weighted by Crippen LogP contribution is -2.42. The van der Waals surface area contributed by atoms with Crippen LogP contribution in [0.15, 0.2) is 30.3 Å². The SMILES string of the molecule is O=C(O)[C@@H](Cc1cc(F)ccc1[C@@H]1CCCCO1)N1CC[C@@H](OCCCCc2ccc3c(n2)NCCC3)C1. The number of ether oxygens (including phenoxy) is 2. The minimum Gasteiger partial charge on any atom is -0.480 e. The molecular formula is C30H40FN3O4. The molecule has 2 saturated heterocycles. The van der Waals surface area contributed by atoms with Crippen LogP contribution in [0.2, 0.25) is 0 Å². The van der Waals surface area contributed by atoms with Crippen LogP contribution in [0.4, 0.5) is 10.2 Å². The first-order valence-electron chi connectivity index (χ1n) is 14.3. The average molecular weight is 526 g/mol. The number of unbranched alkanes of at least 4 members (excludes halogenated alkanes) is 1. The highest BCUT2D eigenvalue weighted by Gasteiger charge is 2.34. The van der Waals surface area contributed by atoms with Crippen molar-refractivity contribution in [2.24, 2.45) is 0 Å². The van der Waals surface area contributed by atoms with Crippen molar-refractivity contribution in [2.45, 2.75) is 82.5 Å². The number of hydrogen-bond acceptors (Lipinski definition) is 6. The molecule has 0 amide bonds. The number of nitrogens with one attached hydrogen (secondary N) is 1. The zero-order chi connectivity index (χ0) is 26.3. The minimum atomic E-state index is -0.877. The van der Waals surface area contributed by atoms with Crippen LogP contribution in [0.3, 0.4) is 0 Å². The average Bonchev–Trinajstić information content (AvgIpc) is 3.40. The summed E-state index contributed by atoms with van der Waals surface area (Å²) in [6.45, 7) is 3.59. The third kappa shape index (κ3) is 6.90. The predicted molar refractivity (Wildman–Crippen MR) is 144 cm³/mol. The second-order valence-corrected chi connectivity index (χ2v) is 10.8. The van der Waals surface area contributed by atoms with E-state index < -0.39 is 12.0 Å². The van der Waals surface area contributed by atoms with Crippen molar-refractivity contribution in [2.75, 3.05) is 38.2 Å². The number of aromatic nitrogens is 1. The highest BCUT2D eigenvalue weighted by atomic mass is 19.1. The number of aliphatic carboxylic acids is 1. The Labute approximate surface area is 224 Å². The number of nitrogens with zero attached hydrogens (tertiary/aromatic N) is 2. The molecule has 7 nitrogen and oxygen atoms in total. The fourth-order valence-corrected chi connectivity index (χ4v) is 5.97. The van der Waals surface area contributed by atoms with Gasteiger partial charge >= 0.3 is 5.97 Å². The lowest BCUT2D eigenvalue weighted by molar-refractivity contribution is -0.143. The third-order valence-electron chi connectivity index (χ3n) is 8.08. The second kappa shape index (κ2) is 13.0. The standard InChI is InChI=1S/C30H40FN3O4/c31-23-10-12-26(28-8-2-4-17-38-28)22(18-23)19-27(30(35)36)34-15-13-25(20-34)37-16-3-1-7-24-11-9-21-6-5-14-32-29(21)33-24/h9-12,18,25,27-28H,1-8,13-17,19-20H2,(H,32,33)(H,35,36)/t25-,27-,28+/m1/s1. The van der Waals surface area contributed by atoms with Crippen molar-refractivity contribution < 1.29 is 23.8 Å². The van der Waals surface area contributed by atoms with Gasteiger partial charge in [-0.1, -0.05) is 12.1 Å². The fraction of sp³-hybridized carbons (Fsp3) is 0.600. The molecule has 0 bridgehead atoms. The van der Waals surface area contributed by atoms with Gasteiger partial charge in [0.25, 0.3) is 0 Å². The third-order valence-corrected chi connectivity index (χ3v) is 8.08. The predicted octanol–water partition coefficient (Wildman–Crippen LogP) is 4.93. The van der Waals surface area contributed by atoms with Crippen molar-refractivity contribution in [1.29, 1.82) is 0 Å². The lowest BCUT2D eigenvalue weighted by atomic mass is 9.92. The van der Waals surface area contributed by atoms with Gasteiger partial charge in [0.05, 0.1) is 12.2 Å². The maximum Gasteiger partial charge on any atom is 0.321 e.